The summed E-state index contributed by atoms with van der Waals surface area (Å²) in [6.45, 7) is 12.3. The molecule has 3 rings (SSSR count). The van der Waals surface area contributed by atoms with Gasteiger partial charge in [0.1, 0.15) is 12.2 Å². The molecule has 0 amide bonds. The molecular weight excluding hydrogens is 340 g/mol. The van der Waals surface area contributed by atoms with Crippen LogP contribution in [0.2, 0.25) is 0 Å². The fourth-order valence-corrected chi connectivity index (χ4v) is 4.51. The van der Waals surface area contributed by atoms with Crippen LogP contribution in [0, 0.1) is 17.8 Å². The third-order valence-corrected chi connectivity index (χ3v) is 6.00. The van der Waals surface area contributed by atoms with E-state index in [1.54, 1.807) is 0 Å². The lowest BCUT2D eigenvalue weighted by atomic mass is 9.76. The van der Waals surface area contributed by atoms with Gasteiger partial charge >= 0.3 is 11.9 Å². The molecule has 2 aliphatic carbocycles. The van der Waals surface area contributed by atoms with Crippen LogP contribution in [0.5, 0.6) is 0 Å². The van der Waals surface area contributed by atoms with Crippen LogP contribution in [-0.2, 0) is 19.1 Å². The maximum Gasteiger partial charge on any atom is 0.336 e. The summed E-state index contributed by atoms with van der Waals surface area (Å²) in [7, 11) is 0. The Labute approximate surface area is 151 Å². The van der Waals surface area contributed by atoms with E-state index >= 15 is 0 Å². The molecule has 1 heterocycles. The number of carbonyl (C=O) groups excluding carboxylic acids is 2. The number of ether oxygens (including phenoxy) is 2. The average Bonchev–Trinajstić information content (AvgIpc) is 2.94. The van der Waals surface area contributed by atoms with Gasteiger partial charge in [0.05, 0.1) is 29.8 Å². The fraction of sp³-hybridized carbons (Fsp3) is 0.579. The molecule has 26 heavy (non-hydrogen) atoms. The van der Waals surface area contributed by atoms with Gasteiger partial charge in [-0.2, -0.15) is 0 Å². The van der Waals surface area contributed by atoms with Crippen LogP contribution in [-0.4, -0.2) is 57.8 Å². The molecule has 0 spiro atoms. The van der Waals surface area contributed by atoms with Crippen LogP contribution in [0.25, 0.3) is 0 Å². The van der Waals surface area contributed by atoms with Gasteiger partial charge in [0.25, 0.3) is 0 Å². The van der Waals surface area contributed by atoms with E-state index in [0.717, 1.165) is 0 Å². The van der Waals surface area contributed by atoms with Crippen molar-refractivity contribution in [3.63, 3.8) is 0 Å². The standard InChI is InChI=1S/C19H24O7/c1-8-5-12(25-17(22)9(2)7-20)14-10(3)18(23)26-16(14)15-11(8)6-13(21)19(15,4)24/h11-16,20-21,24H,1-3,5-7H2,4H3/t11-,12-,13-,14+,15-,16-,19+/m0/s1. The molecule has 3 N–H and O–H groups in total. The molecule has 142 valence electrons. The van der Waals surface area contributed by atoms with E-state index in [0.29, 0.717) is 5.57 Å². The SMILES string of the molecule is C=C(CO)C(=O)O[C@H]1CC(=C)[C@@H]2C[C@H](O)[C@@](C)(O)[C@@H]2[C@H]2OC(=O)C(=C)[C@@H]21. The summed E-state index contributed by atoms with van der Waals surface area (Å²) in [4.78, 5) is 24.3. The van der Waals surface area contributed by atoms with Crippen molar-refractivity contribution in [1.29, 1.82) is 0 Å². The molecule has 3 aliphatic rings. The van der Waals surface area contributed by atoms with Crippen molar-refractivity contribution in [2.24, 2.45) is 17.8 Å². The lowest BCUT2D eigenvalue weighted by Gasteiger charge is -2.35. The first-order valence-electron chi connectivity index (χ1n) is 8.57. The first-order valence-corrected chi connectivity index (χ1v) is 8.57. The summed E-state index contributed by atoms with van der Waals surface area (Å²) in [5, 5.41) is 30.2. The normalized spacial score (nSPS) is 41.9. The number of hydrogen-bond acceptors (Lipinski definition) is 7. The predicted octanol–water partition coefficient (Wildman–Crippen LogP) is 0.252. The van der Waals surface area contributed by atoms with Crippen molar-refractivity contribution >= 4 is 11.9 Å². The van der Waals surface area contributed by atoms with E-state index in [1.807, 2.05) is 0 Å². The van der Waals surface area contributed by atoms with Crippen LogP contribution >= 0.6 is 0 Å². The Balaban J connectivity index is 1.99. The lowest BCUT2D eigenvalue weighted by Crippen LogP contribution is -2.48. The first-order chi connectivity index (χ1) is 12.1. The van der Waals surface area contributed by atoms with Crippen molar-refractivity contribution in [2.45, 2.75) is 43.7 Å². The van der Waals surface area contributed by atoms with Crippen molar-refractivity contribution in [1.82, 2.24) is 0 Å². The van der Waals surface area contributed by atoms with Gasteiger partial charge < -0.3 is 24.8 Å². The second-order valence-corrected chi connectivity index (χ2v) is 7.60. The molecule has 7 heteroatoms. The van der Waals surface area contributed by atoms with Crippen molar-refractivity contribution in [3.8, 4) is 0 Å². The number of esters is 2. The number of rotatable bonds is 3. The summed E-state index contributed by atoms with van der Waals surface area (Å²) in [6, 6.07) is 0. The molecule has 1 aliphatic heterocycles. The molecule has 3 fully saturated rings. The van der Waals surface area contributed by atoms with Crippen LogP contribution in [0.1, 0.15) is 19.8 Å². The highest BCUT2D eigenvalue weighted by Gasteiger charge is 2.62. The molecule has 0 bridgehead atoms. The van der Waals surface area contributed by atoms with Gasteiger partial charge in [-0.25, -0.2) is 9.59 Å². The summed E-state index contributed by atoms with van der Waals surface area (Å²) < 4.78 is 11.0. The smallest absolute Gasteiger partial charge is 0.336 e. The highest BCUT2D eigenvalue weighted by molar-refractivity contribution is 5.92. The molecule has 0 aromatic carbocycles. The number of hydrogen-bond donors (Lipinski definition) is 3. The Morgan fingerprint density at radius 1 is 1.42 bits per heavy atom. The third-order valence-electron chi connectivity index (χ3n) is 6.00. The van der Waals surface area contributed by atoms with Crippen LogP contribution < -0.4 is 0 Å². The number of carbonyl (C=O) groups is 2. The van der Waals surface area contributed by atoms with E-state index in [4.69, 9.17) is 14.6 Å². The Morgan fingerprint density at radius 2 is 2.08 bits per heavy atom. The quantitative estimate of drug-likeness (QED) is 0.374. The van der Waals surface area contributed by atoms with Gasteiger partial charge in [-0.05, 0) is 19.3 Å². The van der Waals surface area contributed by atoms with Crippen LogP contribution in [0.3, 0.4) is 0 Å². The Kier molecular flexibility index (Phi) is 4.58. The van der Waals surface area contributed by atoms with Crippen molar-refractivity contribution in [2.75, 3.05) is 6.61 Å². The van der Waals surface area contributed by atoms with Crippen molar-refractivity contribution < 1.29 is 34.4 Å². The molecule has 0 aromatic rings. The van der Waals surface area contributed by atoms with Gasteiger partial charge in [-0.15, -0.1) is 0 Å². The number of fused-ring (bicyclic) bond motifs is 3. The molecule has 0 unspecified atom stereocenters. The van der Waals surface area contributed by atoms with Gasteiger partial charge in [0.2, 0.25) is 0 Å². The molecule has 0 radical (unpaired) electrons. The Morgan fingerprint density at radius 3 is 2.69 bits per heavy atom. The average molecular weight is 364 g/mol. The first kappa shape index (κ1) is 18.8. The van der Waals surface area contributed by atoms with Gasteiger partial charge in [0, 0.05) is 17.9 Å². The zero-order valence-electron chi connectivity index (χ0n) is 14.7. The topological polar surface area (TPSA) is 113 Å². The summed E-state index contributed by atoms with van der Waals surface area (Å²) in [6.07, 6.45) is -2.01. The fourth-order valence-electron chi connectivity index (χ4n) is 4.51. The zero-order valence-corrected chi connectivity index (χ0v) is 14.7. The zero-order chi connectivity index (χ0) is 19.4. The van der Waals surface area contributed by atoms with E-state index in [-0.39, 0.29) is 29.9 Å². The van der Waals surface area contributed by atoms with E-state index in [9.17, 15) is 19.8 Å². The summed E-state index contributed by atoms with van der Waals surface area (Å²) >= 11 is 0. The molecule has 1 saturated heterocycles. The highest BCUT2D eigenvalue weighted by Crippen LogP contribution is 2.54. The van der Waals surface area contributed by atoms with E-state index in [1.165, 1.54) is 6.92 Å². The van der Waals surface area contributed by atoms with Gasteiger partial charge in [0.15, 0.2) is 0 Å². The monoisotopic (exact) mass is 364 g/mol. The van der Waals surface area contributed by atoms with Gasteiger partial charge in [-0.1, -0.05) is 25.3 Å². The highest BCUT2D eigenvalue weighted by atomic mass is 16.6. The minimum Gasteiger partial charge on any atom is -0.458 e. The maximum atomic E-state index is 12.2. The maximum absolute atomic E-state index is 12.2. The van der Waals surface area contributed by atoms with Crippen LogP contribution in [0.15, 0.2) is 36.5 Å². The molecular formula is C19H24O7. The van der Waals surface area contributed by atoms with E-state index in [2.05, 4.69) is 19.7 Å². The summed E-state index contributed by atoms with van der Waals surface area (Å²) in [5.41, 5.74) is -0.713. The minimum absolute atomic E-state index is 0.102. The van der Waals surface area contributed by atoms with Crippen LogP contribution in [0.4, 0.5) is 0 Å². The number of aliphatic hydroxyl groups is 3. The lowest BCUT2D eigenvalue weighted by molar-refractivity contribution is -0.155. The molecule has 0 aromatic heterocycles. The largest absolute Gasteiger partial charge is 0.458 e. The predicted molar refractivity (Wildman–Crippen MR) is 90.6 cm³/mol. The minimum atomic E-state index is -1.48. The summed E-state index contributed by atoms with van der Waals surface area (Å²) in [5.74, 6) is -2.90. The van der Waals surface area contributed by atoms with Gasteiger partial charge in [-0.3, -0.25) is 0 Å². The Bertz CT molecular complexity index is 692. The van der Waals surface area contributed by atoms with Crippen molar-refractivity contribution in [3.05, 3.63) is 36.5 Å². The molecule has 2 saturated carbocycles. The number of aliphatic hydroxyl groups excluding tert-OH is 2. The molecule has 7 nitrogen and oxygen atoms in total. The third kappa shape index (κ3) is 2.71. The van der Waals surface area contributed by atoms with E-state index < -0.39 is 54.3 Å². The Hall–Kier alpha value is -1.96. The second-order valence-electron chi connectivity index (χ2n) is 7.60. The molecule has 7 atom stereocenters. The second kappa shape index (κ2) is 6.33.